The number of hydrogen-bond donors (Lipinski definition) is 1. The van der Waals surface area contributed by atoms with Crippen LogP contribution in [0.2, 0.25) is 5.02 Å². The summed E-state index contributed by atoms with van der Waals surface area (Å²) in [5, 5.41) is 13.7. The van der Waals surface area contributed by atoms with E-state index in [1.54, 1.807) is 16.8 Å². The van der Waals surface area contributed by atoms with Gasteiger partial charge in [0.2, 0.25) is 11.8 Å². The molecule has 154 valence electrons. The zero-order valence-corrected chi connectivity index (χ0v) is 17.8. The Labute approximate surface area is 185 Å². The zero-order valence-electron chi connectivity index (χ0n) is 16.2. The molecule has 0 aliphatic carbocycles. The maximum absolute atomic E-state index is 12.6. The molecule has 10 heteroatoms. The van der Waals surface area contributed by atoms with Gasteiger partial charge in [0.15, 0.2) is 10.8 Å². The molecule has 0 spiro atoms. The van der Waals surface area contributed by atoms with Crippen molar-refractivity contribution in [2.75, 3.05) is 0 Å². The molecule has 0 aliphatic rings. The van der Waals surface area contributed by atoms with Crippen LogP contribution in [0.15, 0.2) is 75.2 Å². The molecule has 0 fully saturated rings. The molecule has 0 amide bonds. The summed E-state index contributed by atoms with van der Waals surface area (Å²) in [6.45, 7) is 1.91. The lowest BCUT2D eigenvalue weighted by Crippen LogP contribution is -2.10. The van der Waals surface area contributed by atoms with Crippen molar-refractivity contribution in [1.29, 1.82) is 0 Å². The molecule has 8 nitrogen and oxygen atoms in total. The minimum atomic E-state index is -0.275. The van der Waals surface area contributed by atoms with Gasteiger partial charge in [-0.05, 0) is 37.3 Å². The van der Waals surface area contributed by atoms with Crippen LogP contribution in [0.4, 0.5) is 0 Å². The molecular formula is C21H15ClN6O2S. The molecular weight excluding hydrogens is 436 g/mol. The Morgan fingerprint density at radius 2 is 1.97 bits per heavy atom. The van der Waals surface area contributed by atoms with Crippen molar-refractivity contribution in [3.05, 3.63) is 82.1 Å². The summed E-state index contributed by atoms with van der Waals surface area (Å²) in [5.74, 6) is 0.883. The second-order valence-corrected chi connectivity index (χ2v) is 8.48. The largest absolute Gasteiger partial charge is 0.419 e. The van der Waals surface area contributed by atoms with Crippen molar-refractivity contribution in [1.82, 2.24) is 29.9 Å². The Hall–Kier alpha value is -3.43. The fourth-order valence-corrected chi connectivity index (χ4v) is 4.07. The monoisotopic (exact) mass is 450 g/mol. The van der Waals surface area contributed by atoms with E-state index in [-0.39, 0.29) is 10.8 Å². The lowest BCUT2D eigenvalue weighted by molar-refractivity contribution is 0.509. The number of thioether (sulfide) groups is 1. The van der Waals surface area contributed by atoms with Crippen LogP contribution < -0.4 is 5.56 Å². The third-order valence-electron chi connectivity index (χ3n) is 4.57. The Balaban J connectivity index is 1.46. The third-order valence-corrected chi connectivity index (χ3v) is 5.77. The zero-order chi connectivity index (χ0) is 21.4. The standard InChI is InChI=1S/C21H15ClN6O2S/c1-12(19-26-27-20(30-19)13-6-3-2-4-7-13)31-21-24-17-16(18(29)25-21)11-23-28(17)15-9-5-8-14(22)10-15/h2-12H,1H3,(H,24,25,29)/t12-/m1/s1. The summed E-state index contributed by atoms with van der Waals surface area (Å²) in [6.07, 6.45) is 1.49. The van der Waals surface area contributed by atoms with E-state index in [0.29, 0.717) is 38.7 Å². The van der Waals surface area contributed by atoms with E-state index in [1.807, 2.05) is 49.4 Å². The predicted molar refractivity (Wildman–Crippen MR) is 119 cm³/mol. The first-order valence-electron chi connectivity index (χ1n) is 9.38. The van der Waals surface area contributed by atoms with E-state index < -0.39 is 0 Å². The summed E-state index contributed by atoms with van der Waals surface area (Å²) in [5.41, 5.74) is 1.73. The number of benzene rings is 2. The molecule has 0 unspecified atom stereocenters. The minimum Gasteiger partial charge on any atom is -0.419 e. The van der Waals surface area contributed by atoms with Crippen LogP contribution in [0.3, 0.4) is 0 Å². The normalized spacial score (nSPS) is 12.3. The van der Waals surface area contributed by atoms with Crippen molar-refractivity contribution in [2.24, 2.45) is 0 Å². The van der Waals surface area contributed by atoms with Gasteiger partial charge in [0.05, 0.1) is 17.1 Å². The first-order valence-corrected chi connectivity index (χ1v) is 10.6. The van der Waals surface area contributed by atoms with Crippen molar-refractivity contribution in [2.45, 2.75) is 17.3 Å². The van der Waals surface area contributed by atoms with Crippen LogP contribution in [0.5, 0.6) is 0 Å². The summed E-state index contributed by atoms with van der Waals surface area (Å²) in [4.78, 5) is 20.0. The second kappa shape index (κ2) is 8.01. The Bertz CT molecular complexity index is 1430. The van der Waals surface area contributed by atoms with Gasteiger partial charge in [-0.15, -0.1) is 10.2 Å². The molecule has 3 heterocycles. The predicted octanol–water partition coefficient (Wildman–Crippen LogP) is 4.67. The molecule has 5 aromatic rings. The van der Waals surface area contributed by atoms with Crippen molar-refractivity contribution < 1.29 is 4.42 Å². The highest BCUT2D eigenvalue weighted by Gasteiger charge is 2.19. The molecule has 3 aromatic heterocycles. The van der Waals surface area contributed by atoms with Gasteiger partial charge in [0, 0.05) is 10.6 Å². The van der Waals surface area contributed by atoms with E-state index in [4.69, 9.17) is 16.0 Å². The number of aromatic nitrogens is 6. The molecule has 0 saturated heterocycles. The summed E-state index contributed by atoms with van der Waals surface area (Å²) >= 11 is 7.42. The molecule has 31 heavy (non-hydrogen) atoms. The van der Waals surface area contributed by atoms with E-state index in [2.05, 4.69) is 25.3 Å². The van der Waals surface area contributed by atoms with Crippen LogP contribution >= 0.6 is 23.4 Å². The maximum Gasteiger partial charge on any atom is 0.262 e. The third kappa shape index (κ3) is 3.85. The Morgan fingerprint density at radius 3 is 2.77 bits per heavy atom. The Kier molecular flexibility index (Phi) is 5.05. The number of H-pyrrole nitrogens is 1. The van der Waals surface area contributed by atoms with E-state index >= 15 is 0 Å². The number of aromatic amines is 1. The van der Waals surface area contributed by atoms with Gasteiger partial charge in [0.1, 0.15) is 5.39 Å². The van der Waals surface area contributed by atoms with Gasteiger partial charge in [-0.3, -0.25) is 4.79 Å². The molecule has 0 aliphatic heterocycles. The number of nitrogens with one attached hydrogen (secondary N) is 1. The number of halogens is 1. The molecule has 0 radical (unpaired) electrons. The van der Waals surface area contributed by atoms with E-state index in [0.717, 1.165) is 5.56 Å². The van der Waals surface area contributed by atoms with Crippen LogP contribution in [0.25, 0.3) is 28.2 Å². The van der Waals surface area contributed by atoms with Gasteiger partial charge < -0.3 is 9.40 Å². The Morgan fingerprint density at radius 1 is 1.13 bits per heavy atom. The minimum absolute atomic E-state index is 0.229. The maximum atomic E-state index is 12.6. The number of rotatable bonds is 5. The van der Waals surface area contributed by atoms with Crippen LogP contribution in [-0.4, -0.2) is 29.9 Å². The topological polar surface area (TPSA) is 102 Å². The first kappa shape index (κ1) is 19.5. The average molecular weight is 451 g/mol. The molecule has 2 aromatic carbocycles. The molecule has 1 atom stereocenters. The van der Waals surface area contributed by atoms with Crippen molar-refractivity contribution in [3.8, 4) is 17.1 Å². The SMILES string of the molecule is C[C@@H](Sc1nc2c(cnn2-c2cccc(Cl)c2)c(=O)[nH]1)c1nnc(-c2ccccc2)o1. The summed E-state index contributed by atoms with van der Waals surface area (Å²) < 4.78 is 7.41. The summed E-state index contributed by atoms with van der Waals surface area (Å²) in [7, 11) is 0. The lowest BCUT2D eigenvalue weighted by atomic mass is 10.2. The highest BCUT2D eigenvalue weighted by atomic mass is 35.5. The van der Waals surface area contributed by atoms with E-state index in [9.17, 15) is 4.79 Å². The van der Waals surface area contributed by atoms with Gasteiger partial charge in [-0.25, -0.2) is 9.67 Å². The number of hydrogen-bond acceptors (Lipinski definition) is 7. The van der Waals surface area contributed by atoms with E-state index in [1.165, 1.54) is 18.0 Å². The highest BCUT2D eigenvalue weighted by molar-refractivity contribution is 7.99. The molecule has 0 bridgehead atoms. The molecule has 0 saturated carbocycles. The van der Waals surface area contributed by atoms with Crippen LogP contribution in [-0.2, 0) is 0 Å². The average Bonchev–Trinajstić information content (AvgIpc) is 3.42. The van der Waals surface area contributed by atoms with Gasteiger partial charge in [-0.1, -0.05) is 47.6 Å². The van der Waals surface area contributed by atoms with Crippen molar-refractivity contribution >= 4 is 34.4 Å². The number of nitrogens with zero attached hydrogens (tertiary/aromatic N) is 5. The fourth-order valence-electron chi connectivity index (χ4n) is 3.07. The quantitative estimate of drug-likeness (QED) is 0.306. The summed E-state index contributed by atoms with van der Waals surface area (Å²) in [6, 6.07) is 16.7. The second-order valence-electron chi connectivity index (χ2n) is 6.72. The van der Waals surface area contributed by atoms with Crippen LogP contribution in [0, 0.1) is 0 Å². The lowest BCUT2D eigenvalue weighted by Gasteiger charge is -2.07. The fraction of sp³-hybridized carbons (Fsp3) is 0.0952. The molecule has 5 rings (SSSR count). The van der Waals surface area contributed by atoms with Gasteiger partial charge >= 0.3 is 0 Å². The van der Waals surface area contributed by atoms with Crippen molar-refractivity contribution in [3.63, 3.8) is 0 Å². The smallest absolute Gasteiger partial charge is 0.262 e. The van der Waals surface area contributed by atoms with Gasteiger partial charge in [-0.2, -0.15) is 5.10 Å². The highest BCUT2D eigenvalue weighted by Crippen LogP contribution is 2.33. The number of fused-ring (bicyclic) bond motifs is 1. The van der Waals surface area contributed by atoms with Crippen LogP contribution in [0.1, 0.15) is 18.1 Å². The van der Waals surface area contributed by atoms with Gasteiger partial charge in [0.25, 0.3) is 5.56 Å². The molecule has 1 N–H and O–H groups in total. The first-order chi connectivity index (χ1) is 15.1.